The molecule has 1 aromatic heterocycles. The Balaban J connectivity index is 2.73. The van der Waals surface area contributed by atoms with E-state index in [0.29, 0.717) is 5.92 Å². The minimum absolute atomic E-state index is 0.159. The lowest BCUT2D eigenvalue weighted by Gasteiger charge is -2.06. The summed E-state index contributed by atoms with van der Waals surface area (Å²) < 4.78 is 0. The van der Waals surface area contributed by atoms with Crippen LogP contribution in [0.1, 0.15) is 38.4 Å². The number of aromatic amines is 1. The SMILES string of the molecule is CCC(CC)c1ncc(O)[nH]1. The molecule has 0 bridgehead atoms. The number of nitrogens with one attached hydrogen (secondary N) is 1. The summed E-state index contributed by atoms with van der Waals surface area (Å²) in [5.74, 6) is 1.51. The molecule has 0 spiro atoms. The molecule has 0 amide bonds. The van der Waals surface area contributed by atoms with Crippen LogP contribution in [0.2, 0.25) is 0 Å². The summed E-state index contributed by atoms with van der Waals surface area (Å²) in [6, 6.07) is 0. The molecule has 11 heavy (non-hydrogen) atoms. The fourth-order valence-corrected chi connectivity index (χ4v) is 1.21. The molecule has 1 rings (SSSR count). The van der Waals surface area contributed by atoms with Gasteiger partial charge in [-0.1, -0.05) is 13.8 Å². The van der Waals surface area contributed by atoms with E-state index in [9.17, 15) is 0 Å². The maximum atomic E-state index is 8.97. The normalized spacial score (nSPS) is 10.8. The third-order valence-electron chi connectivity index (χ3n) is 1.95. The van der Waals surface area contributed by atoms with Crippen LogP contribution < -0.4 is 0 Å². The van der Waals surface area contributed by atoms with Crippen molar-refractivity contribution in [1.82, 2.24) is 9.97 Å². The Morgan fingerprint density at radius 3 is 2.55 bits per heavy atom. The van der Waals surface area contributed by atoms with Gasteiger partial charge in [-0.3, -0.25) is 0 Å². The van der Waals surface area contributed by atoms with Gasteiger partial charge in [0.25, 0.3) is 0 Å². The van der Waals surface area contributed by atoms with Crippen LogP contribution in [0.25, 0.3) is 0 Å². The first kappa shape index (κ1) is 8.11. The maximum Gasteiger partial charge on any atom is 0.208 e. The number of rotatable bonds is 3. The quantitative estimate of drug-likeness (QED) is 0.699. The van der Waals surface area contributed by atoms with E-state index in [2.05, 4.69) is 23.8 Å². The lowest BCUT2D eigenvalue weighted by atomic mass is 10.0. The molecule has 0 saturated carbocycles. The van der Waals surface area contributed by atoms with E-state index < -0.39 is 0 Å². The van der Waals surface area contributed by atoms with E-state index in [0.717, 1.165) is 18.7 Å². The third-order valence-corrected chi connectivity index (χ3v) is 1.95. The van der Waals surface area contributed by atoms with Crippen LogP contribution in [0, 0.1) is 0 Å². The fourth-order valence-electron chi connectivity index (χ4n) is 1.21. The van der Waals surface area contributed by atoms with E-state index in [1.807, 2.05) is 0 Å². The Kier molecular flexibility index (Phi) is 2.52. The van der Waals surface area contributed by atoms with Crippen molar-refractivity contribution in [2.24, 2.45) is 0 Å². The Hall–Kier alpha value is -0.990. The number of imidazole rings is 1. The second-order valence-electron chi connectivity index (χ2n) is 2.67. The molecule has 0 atom stereocenters. The van der Waals surface area contributed by atoms with Crippen molar-refractivity contribution in [3.05, 3.63) is 12.0 Å². The highest BCUT2D eigenvalue weighted by Gasteiger charge is 2.09. The summed E-state index contributed by atoms with van der Waals surface area (Å²) in [5, 5.41) is 8.97. The van der Waals surface area contributed by atoms with Gasteiger partial charge in [0.05, 0.1) is 6.20 Å². The van der Waals surface area contributed by atoms with Crippen LogP contribution in [-0.4, -0.2) is 15.1 Å². The molecule has 1 aromatic rings. The van der Waals surface area contributed by atoms with E-state index in [-0.39, 0.29) is 5.88 Å². The largest absolute Gasteiger partial charge is 0.493 e. The van der Waals surface area contributed by atoms with Gasteiger partial charge < -0.3 is 10.1 Å². The van der Waals surface area contributed by atoms with Crippen LogP contribution in [-0.2, 0) is 0 Å². The summed E-state index contributed by atoms with van der Waals surface area (Å²) >= 11 is 0. The molecule has 1 heterocycles. The molecule has 2 N–H and O–H groups in total. The highest BCUT2D eigenvalue weighted by atomic mass is 16.3. The van der Waals surface area contributed by atoms with Crippen molar-refractivity contribution in [3.8, 4) is 5.88 Å². The number of aromatic nitrogens is 2. The molecule has 0 fully saturated rings. The van der Waals surface area contributed by atoms with Gasteiger partial charge in [0.15, 0.2) is 0 Å². The standard InChI is InChI=1S/C8H14N2O/c1-3-6(4-2)8-9-5-7(11)10-8/h5-6,11H,3-4H2,1-2H3,(H,9,10). The molecule has 0 radical (unpaired) electrons. The maximum absolute atomic E-state index is 8.97. The topological polar surface area (TPSA) is 48.9 Å². The summed E-state index contributed by atoms with van der Waals surface area (Å²) in [6.07, 6.45) is 3.57. The second kappa shape index (κ2) is 3.42. The van der Waals surface area contributed by atoms with Crippen molar-refractivity contribution in [2.75, 3.05) is 0 Å². The Morgan fingerprint density at radius 1 is 1.55 bits per heavy atom. The lowest BCUT2D eigenvalue weighted by Crippen LogP contribution is -1.97. The second-order valence-corrected chi connectivity index (χ2v) is 2.67. The molecule has 3 nitrogen and oxygen atoms in total. The monoisotopic (exact) mass is 154 g/mol. The highest BCUT2D eigenvalue weighted by molar-refractivity contribution is 5.08. The van der Waals surface area contributed by atoms with Gasteiger partial charge in [-0.2, -0.15) is 0 Å². The zero-order chi connectivity index (χ0) is 8.27. The van der Waals surface area contributed by atoms with Gasteiger partial charge in [0.1, 0.15) is 5.82 Å². The van der Waals surface area contributed by atoms with Gasteiger partial charge in [-0.05, 0) is 12.8 Å². The smallest absolute Gasteiger partial charge is 0.208 e. The Labute approximate surface area is 66.5 Å². The van der Waals surface area contributed by atoms with Gasteiger partial charge in [-0.15, -0.1) is 0 Å². The number of aromatic hydroxyl groups is 1. The number of hydrogen-bond acceptors (Lipinski definition) is 2. The first-order valence-electron chi connectivity index (χ1n) is 4.01. The molecule has 0 aliphatic carbocycles. The van der Waals surface area contributed by atoms with Crippen LogP contribution in [0.5, 0.6) is 5.88 Å². The lowest BCUT2D eigenvalue weighted by molar-refractivity contribution is 0.453. The predicted molar refractivity (Wildman–Crippen MR) is 43.6 cm³/mol. The minimum atomic E-state index is 0.159. The Bertz CT molecular complexity index is 216. The van der Waals surface area contributed by atoms with Gasteiger partial charge in [0, 0.05) is 5.92 Å². The average Bonchev–Trinajstić information content (AvgIpc) is 2.39. The van der Waals surface area contributed by atoms with Crippen molar-refractivity contribution < 1.29 is 5.11 Å². The molecule has 0 aliphatic heterocycles. The molecule has 3 heteroatoms. The zero-order valence-electron chi connectivity index (χ0n) is 6.96. The van der Waals surface area contributed by atoms with Crippen LogP contribution >= 0.6 is 0 Å². The van der Waals surface area contributed by atoms with E-state index in [1.54, 1.807) is 0 Å². The molecule has 0 unspecified atom stereocenters. The fraction of sp³-hybridized carbons (Fsp3) is 0.625. The summed E-state index contributed by atoms with van der Waals surface area (Å²) in [7, 11) is 0. The molecular weight excluding hydrogens is 140 g/mol. The number of hydrogen-bond donors (Lipinski definition) is 2. The van der Waals surface area contributed by atoms with Gasteiger partial charge >= 0.3 is 0 Å². The third kappa shape index (κ3) is 1.73. The van der Waals surface area contributed by atoms with Crippen LogP contribution in [0.4, 0.5) is 0 Å². The first-order valence-corrected chi connectivity index (χ1v) is 4.01. The number of nitrogens with zero attached hydrogens (tertiary/aromatic N) is 1. The average molecular weight is 154 g/mol. The van der Waals surface area contributed by atoms with Crippen LogP contribution in [0.15, 0.2) is 6.20 Å². The minimum Gasteiger partial charge on any atom is -0.493 e. The van der Waals surface area contributed by atoms with Crippen LogP contribution in [0.3, 0.4) is 0 Å². The van der Waals surface area contributed by atoms with Gasteiger partial charge in [-0.25, -0.2) is 4.98 Å². The number of H-pyrrole nitrogens is 1. The summed E-state index contributed by atoms with van der Waals surface area (Å²) in [5.41, 5.74) is 0. The molecule has 0 saturated heterocycles. The van der Waals surface area contributed by atoms with E-state index in [4.69, 9.17) is 5.11 Å². The van der Waals surface area contributed by atoms with E-state index in [1.165, 1.54) is 6.20 Å². The van der Waals surface area contributed by atoms with Crippen molar-refractivity contribution in [1.29, 1.82) is 0 Å². The molecule has 0 aromatic carbocycles. The summed E-state index contributed by atoms with van der Waals surface area (Å²) in [6.45, 7) is 4.24. The molecule has 62 valence electrons. The van der Waals surface area contributed by atoms with Gasteiger partial charge in [0.2, 0.25) is 5.88 Å². The van der Waals surface area contributed by atoms with E-state index >= 15 is 0 Å². The molecule has 0 aliphatic rings. The zero-order valence-corrected chi connectivity index (χ0v) is 6.96. The first-order chi connectivity index (χ1) is 5.27. The van der Waals surface area contributed by atoms with Crippen molar-refractivity contribution >= 4 is 0 Å². The van der Waals surface area contributed by atoms with Crippen molar-refractivity contribution in [2.45, 2.75) is 32.6 Å². The highest BCUT2D eigenvalue weighted by Crippen LogP contribution is 2.20. The Morgan fingerprint density at radius 2 is 2.18 bits per heavy atom. The predicted octanol–water partition coefficient (Wildman–Crippen LogP) is 2.02. The van der Waals surface area contributed by atoms with Crippen molar-refractivity contribution in [3.63, 3.8) is 0 Å². The summed E-state index contributed by atoms with van der Waals surface area (Å²) in [4.78, 5) is 6.87. The molecular formula is C8H14N2O.